The summed E-state index contributed by atoms with van der Waals surface area (Å²) in [4.78, 5) is 10.6. The number of benzene rings is 1. The van der Waals surface area contributed by atoms with Crippen LogP contribution in [-0.4, -0.2) is 17.7 Å². The molecular formula is C10H11FO3. The molecule has 0 bridgehead atoms. The fourth-order valence-electron chi connectivity index (χ4n) is 1.14. The maximum atomic E-state index is 13.1. The van der Waals surface area contributed by atoms with Gasteiger partial charge in [0, 0.05) is 6.07 Å². The number of ether oxygens (including phenoxy) is 1. The number of carboxylic acid groups (broad SMARTS) is 1. The highest BCUT2D eigenvalue weighted by Crippen LogP contribution is 2.22. The summed E-state index contributed by atoms with van der Waals surface area (Å²) in [5, 5.41) is 8.63. The van der Waals surface area contributed by atoms with Gasteiger partial charge in [0.1, 0.15) is 11.6 Å². The van der Waals surface area contributed by atoms with Crippen LogP contribution >= 0.6 is 0 Å². The van der Waals surface area contributed by atoms with Gasteiger partial charge in [0.25, 0.3) is 0 Å². The third kappa shape index (κ3) is 2.02. The largest absolute Gasteiger partial charge is 0.493 e. The Morgan fingerprint density at radius 1 is 1.57 bits per heavy atom. The number of halogens is 1. The van der Waals surface area contributed by atoms with E-state index >= 15 is 0 Å². The van der Waals surface area contributed by atoms with E-state index in [-0.39, 0.29) is 5.56 Å². The molecule has 1 rings (SSSR count). The van der Waals surface area contributed by atoms with Crippen LogP contribution in [0, 0.1) is 12.7 Å². The molecule has 1 aromatic carbocycles. The van der Waals surface area contributed by atoms with Crippen molar-refractivity contribution >= 4 is 5.97 Å². The van der Waals surface area contributed by atoms with Crippen LogP contribution in [-0.2, 0) is 0 Å². The molecule has 1 N–H and O–H groups in total. The van der Waals surface area contributed by atoms with Gasteiger partial charge in [-0.1, -0.05) is 0 Å². The fraction of sp³-hybridized carbons (Fsp3) is 0.300. The quantitative estimate of drug-likeness (QED) is 0.810. The zero-order valence-electron chi connectivity index (χ0n) is 8.00. The monoisotopic (exact) mass is 198 g/mol. The SMILES string of the molecule is CCOc1cc(F)c(C(=O)O)cc1C. The van der Waals surface area contributed by atoms with Gasteiger partial charge in [-0.15, -0.1) is 0 Å². The Labute approximate surface area is 81.1 Å². The summed E-state index contributed by atoms with van der Waals surface area (Å²) in [6.07, 6.45) is 0. The van der Waals surface area contributed by atoms with Crippen LogP contribution in [0.1, 0.15) is 22.8 Å². The van der Waals surface area contributed by atoms with E-state index < -0.39 is 11.8 Å². The maximum Gasteiger partial charge on any atom is 0.338 e. The summed E-state index contributed by atoms with van der Waals surface area (Å²) in [5.41, 5.74) is 0.289. The molecule has 0 aromatic heterocycles. The molecule has 0 heterocycles. The first-order valence-electron chi connectivity index (χ1n) is 4.22. The van der Waals surface area contributed by atoms with Gasteiger partial charge >= 0.3 is 5.97 Å². The van der Waals surface area contributed by atoms with E-state index in [1.54, 1.807) is 13.8 Å². The highest BCUT2D eigenvalue weighted by molar-refractivity contribution is 5.88. The van der Waals surface area contributed by atoms with Crippen molar-refractivity contribution in [2.75, 3.05) is 6.61 Å². The van der Waals surface area contributed by atoms with E-state index in [0.29, 0.717) is 17.9 Å². The Kier molecular flexibility index (Phi) is 3.06. The van der Waals surface area contributed by atoms with Crippen LogP contribution in [0.3, 0.4) is 0 Å². The zero-order chi connectivity index (χ0) is 10.7. The molecule has 0 unspecified atom stereocenters. The molecule has 4 heteroatoms. The lowest BCUT2D eigenvalue weighted by Crippen LogP contribution is -2.03. The Bertz CT molecular complexity index is 361. The number of hydrogen-bond acceptors (Lipinski definition) is 2. The number of hydrogen-bond donors (Lipinski definition) is 1. The first-order chi connectivity index (χ1) is 6.56. The lowest BCUT2D eigenvalue weighted by molar-refractivity contribution is 0.0691. The standard InChI is InChI=1S/C10H11FO3/c1-3-14-9-5-8(11)7(10(12)13)4-6(9)2/h4-5H,3H2,1-2H3,(H,12,13). The van der Waals surface area contributed by atoms with E-state index in [0.717, 1.165) is 6.07 Å². The molecule has 1 aromatic rings. The molecular weight excluding hydrogens is 187 g/mol. The molecule has 0 aliphatic carbocycles. The number of aryl methyl sites for hydroxylation is 1. The number of carbonyl (C=O) groups is 1. The van der Waals surface area contributed by atoms with E-state index in [9.17, 15) is 9.18 Å². The van der Waals surface area contributed by atoms with Gasteiger partial charge in [-0.05, 0) is 25.5 Å². The average molecular weight is 198 g/mol. The maximum absolute atomic E-state index is 13.1. The van der Waals surface area contributed by atoms with Gasteiger partial charge in [0.15, 0.2) is 0 Å². The van der Waals surface area contributed by atoms with Crippen molar-refractivity contribution in [3.63, 3.8) is 0 Å². The van der Waals surface area contributed by atoms with Gasteiger partial charge in [-0.2, -0.15) is 0 Å². The van der Waals surface area contributed by atoms with E-state index in [4.69, 9.17) is 9.84 Å². The average Bonchev–Trinajstić information content (AvgIpc) is 2.10. The fourth-order valence-corrected chi connectivity index (χ4v) is 1.14. The van der Waals surface area contributed by atoms with E-state index in [1.165, 1.54) is 6.07 Å². The molecule has 0 amide bonds. The molecule has 0 atom stereocenters. The lowest BCUT2D eigenvalue weighted by atomic mass is 10.1. The Morgan fingerprint density at radius 2 is 2.21 bits per heavy atom. The minimum Gasteiger partial charge on any atom is -0.493 e. The van der Waals surface area contributed by atoms with E-state index in [1.807, 2.05) is 0 Å². The molecule has 0 radical (unpaired) electrons. The van der Waals surface area contributed by atoms with Crippen molar-refractivity contribution in [3.8, 4) is 5.75 Å². The molecule has 0 saturated carbocycles. The zero-order valence-corrected chi connectivity index (χ0v) is 8.00. The highest BCUT2D eigenvalue weighted by atomic mass is 19.1. The predicted molar refractivity (Wildman–Crippen MR) is 49.3 cm³/mol. The molecule has 14 heavy (non-hydrogen) atoms. The van der Waals surface area contributed by atoms with Crippen LogP contribution in [0.2, 0.25) is 0 Å². The third-order valence-electron chi connectivity index (χ3n) is 1.79. The van der Waals surface area contributed by atoms with Crippen LogP contribution in [0.4, 0.5) is 4.39 Å². The number of carboxylic acids is 1. The minimum absolute atomic E-state index is 0.328. The number of rotatable bonds is 3. The Morgan fingerprint density at radius 3 is 2.71 bits per heavy atom. The van der Waals surface area contributed by atoms with Crippen molar-refractivity contribution in [2.24, 2.45) is 0 Å². The topological polar surface area (TPSA) is 46.5 Å². The smallest absolute Gasteiger partial charge is 0.338 e. The summed E-state index contributed by atoms with van der Waals surface area (Å²) < 4.78 is 18.3. The molecule has 0 saturated heterocycles. The normalized spacial score (nSPS) is 9.93. The third-order valence-corrected chi connectivity index (χ3v) is 1.79. The van der Waals surface area contributed by atoms with Crippen molar-refractivity contribution in [1.29, 1.82) is 0 Å². The molecule has 0 spiro atoms. The molecule has 0 fully saturated rings. The summed E-state index contributed by atoms with van der Waals surface area (Å²) in [6.45, 7) is 3.88. The van der Waals surface area contributed by atoms with Crippen molar-refractivity contribution in [3.05, 3.63) is 29.1 Å². The second-order valence-electron chi connectivity index (χ2n) is 2.84. The number of aromatic carboxylic acids is 1. The van der Waals surface area contributed by atoms with Crippen LogP contribution in [0.15, 0.2) is 12.1 Å². The van der Waals surface area contributed by atoms with Crippen LogP contribution < -0.4 is 4.74 Å². The second kappa shape index (κ2) is 4.09. The summed E-state index contributed by atoms with van der Waals surface area (Å²) in [5.74, 6) is -1.66. The molecule has 3 nitrogen and oxygen atoms in total. The van der Waals surface area contributed by atoms with Gasteiger partial charge < -0.3 is 9.84 Å². The Hall–Kier alpha value is -1.58. The van der Waals surface area contributed by atoms with Gasteiger partial charge in [0.2, 0.25) is 0 Å². The Balaban J connectivity index is 3.17. The van der Waals surface area contributed by atoms with Crippen LogP contribution in [0.5, 0.6) is 5.75 Å². The van der Waals surface area contributed by atoms with Crippen molar-refractivity contribution < 1.29 is 19.0 Å². The summed E-state index contributed by atoms with van der Waals surface area (Å²) in [6, 6.07) is 2.37. The van der Waals surface area contributed by atoms with Crippen molar-refractivity contribution in [1.82, 2.24) is 0 Å². The molecule has 0 aliphatic rings. The van der Waals surface area contributed by atoms with E-state index in [2.05, 4.69) is 0 Å². The predicted octanol–water partition coefficient (Wildman–Crippen LogP) is 2.23. The van der Waals surface area contributed by atoms with Gasteiger partial charge in [-0.3, -0.25) is 0 Å². The van der Waals surface area contributed by atoms with Gasteiger partial charge in [0.05, 0.1) is 12.2 Å². The van der Waals surface area contributed by atoms with Crippen molar-refractivity contribution in [2.45, 2.75) is 13.8 Å². The van der Waals surface area contributed by atoms with Gasteiger partial charge in [-0.25, -0.2) is 9.18 Å². The first kappa shape index (κ1) is 10.5. The second-order valence-corrected chi connectivity index (χ2v) is 2.84. The summed E-state index contributed by atoms with van der Waals surface area (Å²) in [7, 11) is 0. The van der Waals surface area contributed by atoms with Crippen LogP contribution in [0.25, 0.3) is 0 Å². The minimum atomic E-state index is -1.27. The summed E-state index contributed by atoms with van der Waals surface area (Å²) >= 11 is 0. The lowest BCUT2D eigenvalue weighted by Gasteiger charge is -2.08. The molecule has 76 valence electrons. The first-order valence-corrected chi connectivity index (χ1v) is 4.22. The highest BCUT2D eigenvalue weighted by Gasteiger charge is 2.13. The molecule has 0 aliphatic heterocycles.